The lowest BCUT2D eigenvalue weighted by Crippen LogP contribution is -2.05. The molecule has 0 fully saturated rings. The molecular weight excluding hydrogens is 322 g/mol. The number of para-hydroxylation sites is 1. The highest BCUT2D eigenvalue weighted by Crippen LogP contribution is 2.27. The molecule has 0 aliphatic heterocycles. The Morgan fingerprint density at radius 2 is 1.58 bits per heavy atom. The van der Waals surface area contributed by atoms with Gasteiger partial charge in [0.2, 0.25) is 5.78 Å². The van der Waals surface area contributed by atoms with Crippen molar-refractivity contribution in [2.45, 2.75) is 6.42 Å². The molecule has 0 saturated heterocycles. The number of fused-ring (bicyclic) bond motifs is 1. The minimum Gasteiger partial charge on any atom is -0.497 e. The van der Waals surface area contributed by atoms with Crippen molar-refractivity contribution in [3.8, 4) is 5.75 Å². The van der Waals surface area contributed by atoms with Gasteiger partial charge < -0.3 is 9.72 Å². The van der Waals surface area contributed by atoms with Crippen LogP contribution < -0.4 is 4.74 Å². The van der Waals surface area contributed by atoms with E-state index in [1.807, 2.05) is 48.5 Å². The molecule has 26 heavy (non-hydrogen) atoms. The summed E-state index contributed by atoms with van der Waals surface area (Å²) in [6.45, 7) is 0. The van der Waals surface area contributed by atoms with Crippen molar-refractivity contribution in [2.24, 2.45) is 0 Å². The zero-order chi connectivity index (χ0) is 17.9. The van der Waals surface area contributed by atoms with E-state index in [0.29, 0.717) is 17.7 Å². The fraction of sp³-hybridized carbons (Fsp3) is 0.0870. The van der Waals surface area contributed by atoms with Crippen LogP contribution in [0.15, 0.2) is 78.9 Å². The molecule has 4 rings (SSSR count). The highest BCUT2D eigenvalue weighted by atomic mass is 16.5. The van der Waals surface area contributed by atoms with Crippen LogP contribution >= 0.6 is 0 Å². The fourth-order valence-corrected chi connectivity index (χ4v) is 3.26. The van der Waals surface area contributed by atoms with Gasteiger partial charge in [0.15, 0.2) is 0 Å². The SMILES string of the molecule is COc1ccc(C(=O)c2[nH]c3ccccc3c2Cc2ccccc2)cc1. The smallest absolute Gasteiger partial charge is 0.209 e. The van der Waals surface area contributed by atoms with Gasteiger partial charge in [0, 0.05) is 22.9 Å². The number of hydrogen-bond donors (Lipinski definition) is 1. The summed E-state index contributed by atoms with van der Waals surface area (Å²) in [5.41, 5.74) is 4.50. The second-order valence-corrected chi connectivity index (χ2v) is 6.24. The lowest BCUT2D eigenvalue weighted by molar-refractivity contribution is 0.103. The van der Waals surface area contributed by atoms with Crippen molar-refractivity contribution in [3.05, 3.63) is 101 Å². The van der Waals surface area contributed by atoms with Crippen molar-refractivity contribution in [2.75, 3.05) is 7.11 Å². The number of ketones is 1. The van der Waals surface area contributed by atoms with Gasteiger partial charge in [-0.25, -0.2) is 0 Å². The third-order valence-corrected chi connectivity index (χ3v) is 4.62. The van der Waals surface area contributed by atoms with Gasteiger partial charge in [-0.2, -0.15) is 0 Å². The zero-order valence-corrected chi connectivity index (χ0v) is 14.5. The third kappa shape index (κ3) is 3.00. The summed E-state index contributed by atoms with van der Waals surface area (Å²) in [4.78, 5) is 16.5. The lowest BCUT2D eigenvalue weighted by Gasteiger charge is -2.06. The maximum absolute atomic E-state index is 13.2. The Bertz CT molecular complexity index is 1050. The van der Waals surface area contributed by atoms with E-state index in [1.54, 1.807) is 19.2 Å². The first-order valence-electron chi connectivity index (χ1n) is 8.58. The highest BCUT2D eigenvalue weighted by molar-refractivity contribution is 6.12. The Morgan fingerprint density at radius 1 is 0.885 bits per heavy atom. The van der Waals surface area contributed by atoms with Crippen LogP contribution in [0.25, 0.3) is 10.9 Å². The first-order valence-corrected chi connectivity index (χ1v) is 8.58. The zero-order valence-electron chi connectivity index (χ0n) is 14.5. The molecule has 1 heterocycles. The van der Waals surface area contributed by atoms with E-state index in [-0.39, 0.29) is 5.78 Å². The molecule has 3 aromatic carbocycles. The minimum atomic E-state index is -0.00483. The monoisotopic (exact) mass is 341 g/mol. The predicted octanol–water partition coefficient (Wildman–Crippen LogP) is 5.00. The summed E-state index contributed by atoms with van der Waals surface area (Å²) >= 11 is 0. The summed E-state index contributed by atoms with van der Waals surface area (Å²) in [6, 6.07) is 25.5. The number of carbonyl (C=O) groups excluding carboxylic acids is 1. The Labute approximate surface area is 152 Å². The summed E-state index contributed by atoms with van der Waals surface area (Å²) in [5.74, 6) is 0.734. The van der Waals surface area contributed by atoms with Gasteiger partial charge in [-0.15, -0.1) is 0 Å². The molecule has 0 spiro atoms. The van der Waals surface area contributed by atoms with Gasteiger partial charge in [-0.1, -0.05) is 48.5 Å². The number of methoxy groups -OCH3 is 1. The number of benzene rings is 3. The molecule has 0 amide bonds. The molecule has 0 radical (unpaired) electrons. The van der Waals surface area contributed by atoms with Crippen LogP contribution in [0.1, 0.15) is 27.2 Å². The van der Waals surface area contributed by atoms with Crippen molar-refractivity contribution in [3.63, 3.8) is 0 Å². The van der Waals surface area contributed by atoms with E-state index in [2.05, 4.69) is 23.2 Å². The van der Waals surface area contributed by atoms with Gasteiger partial charge in [0.25, 0.3) is 0 Å². The molecule has 3 heteroatoms. The Morgan fingerprint density at radius 3 is 2.31 bits per heavy atom. The molecule has 0 bridgehead atoms. The molecule has 0 aliphatic rings. The summed E-state index contributed by atoms with van der Waals surface area (Å²) < 4.78 is 5.19. The van der Waals surface area contributed by atoms with Crippen molar-refractivity contribution < 1.29 is 9.53 Å². The molecule has 1 N–H and O–H groups in total. The first kappa shape index (κ1) is 16.2. The Balaban J connectivity index is 1.80. The number of ether oxygens (including phenoxy) is 1. The standard InChI is InChI=1S/C23H19NO2/c1-26-18-13-11-17(12-14-18)23(25)22-20(15-16-7-3-2-4-8-16)19-9-5-6-10-21(19)24-22/h2-14,24H,15H2,1H3. The molecule has 0 atom stereocenters. The second-order valence-electron chi connectivity index (χ2n) is 6.24. The summed E-state index contributed by atoms with van der Waals surface area (Å²) in [6.07, 6.45) is 0.710. The van der Waals surface area contributed by atoms with Crippen LogP contribution in [0.3, 0.4) is 0 Å². The number of nitrogens with one attached hydrogen (secondary N) is 1. The van der Waals surface area contributed by atoms with E-state index in [0.717, 1.165) is 22.2 Å². The molecule has 128 valence electrons. The van der Waals surface area contributed by atoms with Gasteiger partial charge in [0.1, 0.15) is 5.75 Å². The van der Waals surface area contributed by atoms with E-state index >= 15 is 0 Å². The molecule has 3 nitrogen and oxygen atoms in total. The maximum atomic E-state index is 13.2. The maximum Gasteiger partial charge on any atom is 0.209 e. The predicted molar refractivity (Wildman–Crippen MR) is 104 cm³/mol. The van der Waals surface area contributed by atoms with Crippen molar-refractivity contribution in [1.29, 1.82) is 0 Å². The van der Waals surface area contributed by atoms with Crippen LogP contribution in [0.5, 0.6) is 5.75 Å². The van der Waals surface area contributed by atoms with Gasteiger partial charge in [0.05, 0.1) is 12.8 Å². The summed E-state index contributed by atoms with van der Waals surface area (Å²) in [5, 5.41) is 1.09. The van der Waals surface area contributed by atoms with Crippen LogP contribution in [-0.2, 0) is 6.42 Å². The minimum absolute atomic E-state index is 0.00483. The van der Waals surface area contributed by atoms with Gasteiger partial charge >= 0.3 is 0 Å². The molecule has 0 aliphatic carbocycles. The van der Waals surface area contributed by atoms with Crippen LogP contribution in [0.4, 0.5) is 0 Å². The van der Waals surface area contributed by atoms with Gasteiger partial charge in [-0.05, 0) is 41.5 Å². The van der Waals surface area contributed by atoms with Crippen molar-refractivity contribution in [1.82, 2.24) is 4.98 Å². The Hall–Kier alpha value is -3.33. The second kappa shape index (κ2) is 6.89. The van der Waals surface area contributed by atoms with Crippen molar-refractivity contribution >= 4 is 16.7 Å². The molecular formula is C23H19NO2. The van der Waals surface area contributed by atoms with E-state index in [4.69, 9.17) is 4.74 Å². The van der Waals surface area contributed by atoms with Crippen LogP contribution in [-0.4, -0.2) is 17.9 Å². The molecule has 0 saturated carbocycles. The topological polar surface area (TPSA) is 42.1 Å². The molecule has 4 aromatic rings. The fourth-order valence-electron chi connectivity index (χ4n) is 3.26. The number of H-pyrrole nitrogens is 1. The largest absolute Gasteiger partial charge is 0.497 e. The van der Waals surface area contributed by atoms with E-state index < -0.39 is 0 Å². The average molecular weight is 341 g/mol. The number of hydrogen-bond acceptors (Lipinski definition) is 2. The van der Waals surface area contributed by atoms with E-state index in [1.165, 1.54) is 5.56 Å². The number of aromatic amines is 1. The summed E-state index contributed by atoms with van der Waals surface area (Å²) in [7, 11) is 1.62. The quantitative estimate of drug-likeness (QED) is 0.519. The Kier molecular flexibility index (Phi) is 4.28. The average Bonchev–Trinajstić information content (AvgIpc) is 3.07. The van der Waals surface area contributed by atoms with Gasteiger partial charge in [-0.3, -0.25) is 4.79 Å². The van der Waals surface area contributed by atoms with Crippen LogP contribution in [0, 0.1) is 0 Å². The number of carbonyl (C=O) groups is 1. The first-order chi connectivity index (χ1) is 12.8. The number of aromatic nitrogens is 1. The number of rotatable bonds is 5. The molecule has 0 unspecified atom stereocenters. The lowest BCUT2D eigenvalue weighted by atomic mass is 9.98. The van der Waals surface area contributed by atoms with E-state index in [9.17, 15) is 4.79 Å². The molecule has 1 aromatic heterocycles. The normalized spacial score (nSPS) is 10.8. The highest BCUT2D eigenvalue weighted by Gasteiger charge is 2.19. The van der Waals surface area contributed by atoms with Crippen LogP contribution in [0.2, 0.25) is 0 Å². The third-order valence-electron chi connectivity index (χ3n) is 4.62.